The summed E-state index contributed by atoms with van der Waals surface area (Å²) in [5, 5.41) is 14.0. The van der Waals surface area contributed by atoms with Crippen LogP contribution in [0.4, 0.5) is 0 Å². The first-order chi connectivity index (χ1) is 5.71. The van der Waals surface area contributed by atoms with Crippen molar-refractivity contribution in [2.45, 2.75) is 45.8 Å². The molecule has 0 radical (unpaired) electrons. The highest BCUT2D eigenvalue weighted by atomic mass is 16.3. The molecule has 0 atom stereocenters. The minimum Gasteiger partial charge on any atom is -0.370 e. The van der Waals surface area contributed by atoms with Crippen molar-refractivity contribution in [3.8, 4) is 0 Å². The fraction of sp³-hybridized carbons (Fsp3) is 0.700. The molecule has 0 saturated carbocycles. The average molecular weight is 182 g/mol. The zero-order valence-corrected chi connectivity index (χ0v) is 9.00. The molecular weight excluding hydrogens is 164 g/mol. The Morgan fingerprint density at radius 2 is 1.77 bits per heavy atom. The van der Waals surface area contributed by atoms with Crippen molar-refractivity contribution in [2.24, 2.45) is 0 Å². The van der Waals surface area contributed by atoms with Crippen LogP contribution in [-0.4, -0.2) is 14.9 Å². The molecule has 0 aromatic carbocycles. The number of aliphatic hydroxyl groups is 1. The van der Waals surface area contributed by atoms with Crippen LogP contribution in [0.2, 0.25) is 0 Å². The highest BCUT2D eigenvalue weighted by Gasteiger charge is 2.21. The van der Waals surface area contributed by atoms with Gasteiger partial charge in [-0.05, 0) is 19.9 Å². The lowest BCUT2D eigenvalue weighted by molar-refractivity contribution is -0.0109. The topological polar surface area (TPSA) is 38.0 Å². The van der Waals surface area contributed by atoms with Gasteiger partial charge in [-0.1, -0.05) is 20.8 Å². The molecule has 0 spiro atoms. The van der Waals surface area contributed by atoms with E-state index < -0.39 is 5.72 Å². The molecule has 1 heterocycles. The van der Waals surface area contributed by atoms with Gasteiger partial charge in [0.15, 0.2) is 5.72 Å². The van der Waals surface area contributed by atoms with Gasteiger partial charge in [-0.25, -0.2) is 4.68 Å². The Kier molecular flexibility index (Phi) is 2.24. The van der Waals surface area contributed by atoms with Gasteiger partial charge >= 0.3 is 0 Å². The molecule has 0 fully saturated rings. The Labute approximate surface area is 79.4 Å². The molecule has 1 N–H and O–H groups in total. The van der Waals surface area contributed by atoms with E-state index in [0.29, 0.717) is 0 Å². The summed E-state index contributed by atoms with van der Waals surface area (Å²) in [7, 11) is 0. The average Bonchev–Trinajstić information content (AvgIpc) is 2.28. The Hall–Kier alpha value is -0.830. The Morgan fingerprint density at radius 1 is 1.23 bits per heavy atom. The number of rotatable bonds is 1. The molecule has 13 heavy (non-hydrogen) atoms. The van der Waals surface area contributed by atoms with Gasteiger partial charge in [0, 0.05) is 11.6 Å². The maximum atomic E-state index is 9.67. The smallest absolute Gasteiger partial charge is 0.152 e. The molecule has 0 amide bonds. The lowest BCUT2D eigenvalue weighted by Gasteiger charge is -2.19. The summed E-state index contributed by atoms with van der Waals surface area (Å²) in [6.45, 7) is 9.73. The predicted octanol–water partition coefficient (Wildman–Crippen LogP) is 1.87. The van der Waals surface area contributed by atoms with Crippen LogP contribution < -0.4 is 0 Å². The van der Waals surface area contributed by atoms with Crippen LogP contribution in [0.1, 0.15) is 40.3 Å². The second-order valence-corrected chi connectivity index (χ2v) is 4.89. The summed E-state index contributed by atoms with van der Waals surface area (Å²) in [6.07, 6.45) is 1.81. The van der Waals surface area contributed by atoms with Crippen LogP contribution in [0.5, 0.6) is 0 Å². The second kappa shape index (κ2) is 2.84. The largest absolute Gasteiger partial charge is 0.370 e. The summed E-state index contributed by atoms with van der Waals surface area (Å²) >= 11 is 0. The predicted molar refractivity (Wildman–Crippen MR) is 52.5 cm³/mol. The van der Waals surface area contributed by atoms with Crippen molar-refractivity contribution in [2.75, 3.05) is 0 Å². The molecule has 0 aliphatic carbocycles. The molecular formula is C10H18N2O. The van der Waals surface area contributed by atoms with Crippen molar-refractivity contribution < 1.29 is 5.11 Å². The normalized spacial score (nSPS) is 13.4. The Balaban J connectivity index is 3.01. The van der Waals surface area contributed by atoms with Crippen molar-refractivity contribution in [3.63, 3.8) is 0 Å². The van der Waals surface area contributed by atoms with Crippen LogP contribution in [0, 0.1) is 0 Å². The van der Waals surface area contributed by atoms with Crippen molar-refractivity contribution in [1.29, 1.82) is 0 Å². The van der Waals surface area contributed by atoms with Gasteiger partial charge in [-0.15, -0.1) is 0 Å². The number of hydrogen-bond acceptors (Lipinski definition) is 2. The third kappa shape index (κ3) is 2.31. The highest BCUT2D eigenvalue weighted by Crippen LogP contribution is 2.21. The first kappa shape index (κ1) is 10.3. The van der Waals surface area contributed by atoms with Gasteiger partial charge in [-0.2, -0.15) is 5.10 Å². The van der Waals surface area contributed by atoms with Gasteiger partial charge in [0.25, 0.3) is 0 Å². The van der Waals surface area contributed by atoms with Gasteiger partial charge in [-0.3, -0.25) is 0 Å². The van der Waals surface area contributed by atoms with E-state index in [1.807, 2.05) is 6.07 Å². The fourth-order valence-electron chi connectivity index (χ4n) is 1.03. The molecule has 1 rings (SSSR count). The van der Waals surface area contributed by atoms with E-state index in [4.69, 9.17) is 0 Å². The van der Waals surface area contributed by atoms with E-state index in [-0.39, 0.29) is 5.41 Å². The zero-order chi connectivity index (χ0) is 10.3. The van der Waals surface area contributed by atoms with E-state index >= 15 is 0 Å². The van der Waals surface area contributed by atoms with Crippen LogP contribution in [0.25, 0.3) is 0 Å². The summed E-state index contributed by atoms with van der Waals surface area (Å²) in [4.78, 5) is 0. The van der Waals surface area contributed by atoms with Crippen LogP contribution in [-0.2, 0) is 11.1 Å². The molecule has 1 aromatic rings. The van der Waals surface area contributed by atoms with Crippen molar-refractivity contribution in [1.82, 2.24) is 9.78 Å². The summed E-state index contributed by atoms with van der Waals surface area (Å²) in [6, 6.07) is 1.94. The molecule has 0 unspecified atom stereocenters. The van der Waals surface area contributed by atoms with Crippen molar-refractivity contribution in [3.05, 3.63) is 18.0 Å². The quantitative estimate of drug-likeness (QED) is 0.720. The molecule has 3 nitrogen and oxygen atoms in total. The van der Waals surface area contributed by atoms with Gasteiger partial charge in [0.2, 0.25) is 0 Å². The van der Waals surface area contributed by atoms with Crippen molar-refractivity contribution >= 4 is 0 Å². The maximum Gasteiger partial charge on any atom is 0.152 e. The molecule has 0 aliphatic heterocycles. The molecule has 0 bridgehead atoms. The summed E-state index contributed by atoms with van der Waals surface area (Å²) < 4.78 is 1.58. The second-order valence-electron chi connectivity index (χ2n) is 4.89. The number of aromatic nitrogens is 2. The lowest BCUT2D eigenvalue weighted by atomic mass is 9.93. The van der Waals surface area contributed by atoms with Crippen LogP contribution in [0.15, 0.2) is 12.3 Å². The van der Waals surface area contributed by atoms with E-state index in [0.717, 1.165) is 5.69 Å². The fourth-order valence-corrected chi connectivity index (χ4v) is 1.03. The van der Waals surface area contributed by atoms with E-state index in [1.165, 1.54) is 0 Å². The summed E-state index contributed by atoms with van der Waals surface area (Å²) in [5.41, 5.74) is 0.120. The third-order valence-corrected chi connectivity index (χ3v) is 1.92. The number of nitrogens with zero attached hydrogens (tertiary/aromatic N) is 2. The lowest BCUT2D eigenvalue weighted by Crippen LogP contribution is -2.26. The first-order valence-electron chi connectivity index (χ1n) is 4.50. The van der Waals surface area contributed by atoms with Crippen LogP contribution in [0.3, 0.4) is 0 Å². The minimum absolute atomic E-state index is 0.0382. The first-order valence-corrected chi connectivity index (χ1v) is 4.50. The molecule has 0 saturated heterocycles. The van der Waals surface area contributed by atoms with Gasteiger partial charge < -0.3 is 5.11 Å². The Bertz CT molecular complexity index is 260. The summed E-state index contributed by atoms with van der Waals surface area (Å²) in [5.74, 6) is 0. The minimum atomic E-state index is -0.913. The number of hydrogen-bond donors (Lipinski definition) is 1. The maximum absolute atomic E-state index is 9.67. The van der Waals surface area contributed by atoms with Gasteiger partial charge in [0.1, 0.15) is 0 Å². The third-order valence-electron chi connectivity index (χ3n) is 1.92. The highest BCUT2D eigenvalue weighted by molar-refractivity contribution is 5.10. The van der Waals surface area contributed by atoms with E-state index in [1.54, 1.807) is 24.7 Å². The SMILES string of the molecule is CC(C)(C)c1ccn(C(C)(C)O)n1. The zero-order valence-electron chi connectivity index (χ0n) is 9.00. The van der Waals surface area contributed by atoms with Crippen LogP contribution >= 0.6 is 0 Å². The monoisotopic (exact) mass is 182 g/mol. The molecule has 74 valence electrons. The molecule has 1 aromatic heterocycles. The standard InChI is InChI=1S/C10H18N2O/c1-9(2,3)8-6-7-12(11-8)10(4,5)13/h6-7,13H,1-5H3. The molecule has 3 heteroatoms. The van der Waals surface area contributed by atoms with Gasteiger partial charge in [0.05, 0.1) is 5.69 Å². The van der Waals surface area contributed by atoms with E-state index in [2.05, 4.69) is 25.9 Å². The molecule has 0 aliphatic rings. The Morgan fingerprint density at radius 3 is 2.00 bits per heavy atom. The van der Waals surface area contributed by atoms with E-state index in [9.17, 15) is 5.11 Å².